The molecule has 23 heavy (non-hydrogen) atoms. The SMILES string of the molecule is Clc1ccc(Cl)c(-c2nc(N3CCCCC3)c3[nH]cnc3n2)c1. The zero-order chi connectivity index (χ0) is 15.8. The third kappa shape index (κ3) is 2.75. The monoisotopic (exact) mass is 347 g/mol. The van der Waals surface area contributed by atoms with E-state index in [4.69, 9.17) is 28.2 Å². The van der Waals surface area contributed by atoms with E-state index in [1.54, 1.807) is 24.5 Å². The molecule has 4 rings (SSSR count). The maximum atomic E-state index is 6.31. The second kappa shape index (κ2) is 5.98. The predicted molar refractivity (Wildman–Crippen MR) is 93.2 cm³/mol. The molecule has 0 saturated carbocycles. The van der Waals surface area contributed by atoms with Crippen LogP contribution >= 0.6 is 23.2 Å². The van der Waals surface area contributed by atoms with Gasteiger partial charge >= 0.3 is 0 Å². The third-order valence-corrected chi connectivity index (χ3v) is 4.66. The van der Waals surface area contributed by atoms with Crippen molar-refractivity contribution in [3.8, 4) is 11.4 Å². The van der Waals surface area contributed by atoms with Gasteiger partial charge in [0.05, 0.1) is 11.3 Å². The van der Waals surface area contributed by atoms with Gasteiger partial charge in [-0.05, 0) is 37.5 Å². The summed E-state index contributed by atoms with van der Waals surface area (Å²) in [6.07, 6.45) is 5.26. The Labute approximate surface area is 143 Å². The lowest BCUT2D eigenvalue weighted by Crippen LogP contribution is -2.30. The molecule has 7 heteroatoms. The maximum Gasteiger partial charge on any atom is 0.183 e. The number of rotatable bonds is 2. The second-order valence-electron chi connectivity index (χ2n) is 5.64. The van der Waals surface area contributed by atoms with Crippen LogP contribution in [-0.4, -0.2) is 33.0 Å². The largest absolute Gasteiger partial charge is 0.355 e. The fourth-order valence-corrected chi connectivity index (χ4v) is 3.32. The Morgan fingerprint density at radius 3 is 2.70 bits per heavy atom. The van der Waals surface area contributed by atoms with Crippen molar-refractivity contribution in [2.75, 3.05) is 18.0 Å². The lowest BCUT2D eigenvalue weighted by Gasteiger charge is -2.28. The first-order chi connectivity index (χ1) is 11.2. The van der Waals surface area contributed by atoms with Gasteiger partial charge in [-0.3, -0.25) is 0 Å². The Morgan fingerprint density at radius 2 is 1.87 bits per heavy atom. The Balaban J connectivity index is 1.89. The number of nitrogens with zero attached hydrogens (tertiary/aromatic N) is 4. The van der Waals surface area contributed by atoms with Crippen LogP contribution in [0.1, 0.15) is 19.3 Å². The van der Waals surface area contributed by atoms with Gasteiger partial charge in [0.1, 0.15) is 5.52 Å². The second-order valence-corrected chi connectivity index (χ2v) is 6.49. The molecule has 1 N–H and O–H groups in total. The quantitative estimate of drug-likeness (QED) is 0.749. The molecule has 0 radical (unpaired) electrons. The summed E-state index contributed by atoms with van der Waals surface area (Å²) >= 11 is 12.4. The zero-order valence-electron chi connectivity index (χ0n) is 12.4. The number of hydrogen-bond acceptors (Lipinski definition) is 4. The Hall–Kier alpha value is -1.85. The minimum atomic E-state index is 0.553. The molecule has 1 saturated heterocycles. The number of aromatic nitrogens is 4. The van der Waals surface area contributed by atoms with Crippen molar-refractivity contribution >= 4 is 40.2 Å². The summed E-state index contributed by atoms with van der Waals surface area (Å²) in [6.45, 7) is 1.99. The Morgan fingerprint density at radius 1 is 1.04 bits per heavy atom. The van der Waals surface area contributed by atoms with Crippen molar-refractivity contribution in [3.05, 3.63) is 34.6 Å². The molecule has 1 fully saturated rings. The van der Waals surface area contributed by atoms with E-state index in [2.05, 4.69) is 19.9 Å². The Bertz CT molecular complexity index is 855. The number of aromatic amines is 1. The number of anilines is 1. The third-order valence-electron chi connectivity index (χ3n) is 4.09. The van der Waals surface area contributed by atoms with Crippen molar-refractivity contribution in [1.82, 2.24) is 19.9 Å². The summed E-state index contributed by atoms with van der Waals surface area (Å²) in [7, 11) is 0. The highest BCUT2D eigenvalue weighted by Gasteiger charge is 2.20. The molecule has 0 bridgehead atoms. The molecule has 3 aromatic rings. The lowest BCUT2D eigenvalue weighted by molar-refractivity contribution is 0.574. The molecule has 0 unspecified atom stereocenters. The first-order valence-corrected chi connectivity index (χ1v) is 8.39. The molecular formula is C16H15Cl2N5. The van der Waals surface area contributed by atoms with Crippen molar-refractivity contribution in [2.24, 2.45) is 0 Å². The minimum absolute atomic E-state index is 0.553. The van der Waals surface area contributed by atoms with Crippen LogP contribution in [0.5, 0.6) is 0 Å². The highest BCUT2D eigenvalue weighted by Crippen LogP contribution is 2.32. The summed E-state index contributed by atoms with van der Waals surface area (Å²) in [5, 5.41) is 1.18. The summed E-state index contributed by atoms with van der Waals surface area (Å²) in [6, 6.07) is 5.31. The fraction of sp³-hybridized carbons (Fsp3) is 0.312. The topological polar surface area (TPSA) is 57.7 Å². The van der Waals surface area contributed by atoms with Crippen LogP contribution in [0, 0.1) is 0 Å². The molecule has 0 aliphatic carbocycles. The summed E-state index contributed by atoms with van der Waals surface area (Å²) < 4.78 is 0. The highest BCUT2D eigenvalue weighted by atomic mass is 35.5. The van der Waals surface area contributed by atoms with E-state index in [0.29, 0.717) is 21.5 Å². The van der Waals surface area contributed by atoms with E-state index in [-0.39, 0.29) is 0 Å². The van der Waals surface area contributed by atoms with E-state index in [9.17, 15) is 0 Å². The van der Waals surface area contributed by atoms with Gasteiger partial charge in [0.15, 0.2) is 17.3 Å². The average molecular weight is 348 g/mol. The van der Waals surface area contributed by atoms with Gasteiger partial charge < -0.3 is 9.88 Å². The van der Waals surface area contributed by atoms with E-state index < -0.39 is 0 Å². The van der Waals surface area contributed by atoms with Gasteiger partial charge in [-0.2, -0.15) is 0 Å². The van der Waals surface area contributed by atoms with E-state index in [1.165, 1.54) is 19.3 Å². The van der Waals surface area contributed by atoms with Crippen molar-refractivity contribution in [3.63, 3.8) is 0 Å². The number of nitrogens with one attached hydrogen (secondary N) is 1. The van der Waals surface area contributed by atoms with Crippen LogP contribution in [-0.2, 0) is 0 Å². The first-order valence-electron chi connectivity index (χ1n) is 7.64. The Kier molecular flexibility index (Phi) is 3.83. The molecular weight excluding hydrogens is 333 g/mol. The molecule has 0 amide bonds. The molecule has 3 heterocycles. The summed E-state index contributed by atoms with van der Waals surface area (Å²) in [5.74, 6) is 1.44. The zero-order valence-corrected chi connectivity index (χ0v) is 13.9. The lowest BCUT2D eigenvalue weighted by atomic mass is 10.1. The highest BCUT2D eigenvalue weighted by molar-refractivity contribution is 6.35. The number of H-pyrrole nitrogens is 1. The molecule has 1 aromatic carbocycles. The number of halogens is 2. The average Bonchev–Trinajstić information content (AvgIpc) is 3.05. The van der Waals surface area contributed by atoms with Gasteiger partial charge in [-0.1, -0.05) is 23.2 Å². The number of piperidine rings is 1. The number of fused-ring (bicyclic) bond motifs is 1. The number of imidazole rings is 1. The minimum Gasteiger partial charge on any atom is -0.355 e. The molecule has 5 nitrogen and oxygen atoms in total. The van der Waals surface area contributed by atoms with E-state index in [0.717, 1.165) is 30.0 Å². The fourth-order valence-electron chi connectivity index (χ4n) is 2.94. The van der Waals surface area contributed by atoms with Crippen molar-refractivity contribution < 1.29 is 0 Å². The number of benzene rings is 1. The van der Waals surface area contributed by atoms with Crippen LogP contribution in [0.3, 0.4) is 0 Å². The van der Waals surface area contributed by atoms with E-state index >= 15 is 0 Å². The van der Waals surface area contributed by atoms with Crippen molar-refractivity contribution in [2.45, 2.75) is 19.3 Å². The molecule has 1 aliphatic heterocycles. The molecule has 1 aliphatic rings. The first kappa shape index (κ1) is 14.7. The van der Waals surface area contributed by atoms with Crippen LogP contribution in [0.2, 0.25) is 10.0 Å². The maximum absolute atomic E-state index is 6.31. The van der Waals surface area contributed by atoms with Gasteiger partial charge in [-0.25, -0.2) is 15.0 Å². The van der Waals surface area contributed by atoms with Crippen LogP contribution in [0.15, 0.2) is 24.5 Å². The van der Waals surface area contributed by atoms with Gasteiger partial charge in [0.2, 0.25) is 0 Å². The number of hydrogen-bond donors (Lipinski definition) is 1. The normalized spacial score (nSPS) is 15.3. The standard InChI is InChI=1S/C16H15Cl2N5/c17-10-4-5-12(18)11(8-10)14-21-15-13(19-9-20-15)16(22-14)23-6-2-1-3-7-23/h4-5,8-9H,1-3,6-7H2,(H,19,20,21,22). The predicted octanol–water partition coefficient (Wildman–Crippen LogP) is 4.32. The summed E-state index contributed by atoms with van der Waals surface area (Å²) in [4.78, 5) is 19.1. The van der Waals surface area contributed by atoms with Gasteiger partial charge in [-0.15, -0.1) is 0 Å². The summed E-state index contributed by atoms with van der Waals surface area (Å²) in [5.41, 5.74) is 2.24. The van der Waals surface area contributed by atoms with Crippen LogP contribution < -0.4 is 4.90 Å². The van der Waals surface area contributed by atoms with Crippen LogP contribution in [0.4, 0.5) is 5.82 Å². The van der Waals surface area contributed by atoms with Gasteiger partial charge in [0, 0.05) is 23.7 Å². The molecule has 0 atom stereocenters. The molecule has 0 spiro atoms. The smallest absolute Gasteiger partial charge is 0.183 e. The molecule has 2 aromatic heterocycles. The van der Waals surface area contributed by atoms with E-state index in [1.807, 2.05) is 0 Å². The van der Waals surface area contributed by atoms with Crippen molar-refractivity contribution in [1.29, 1.82) is 0 Å². The molecule has 118 valence electrons. The van der Waals surface area contributed by atoms with Gasteiger partial charge in [0.25, 0.3) is 0 Å². The van der Waals surface area contributed by atoms with Crippen LogP contribution in [0.25, 0.3) is 22.6 Å².